The van der Waals surface area contributed by atoms with Gasteiger partial charge in [-0.1, -0.05) is 42.5 Å². The molecule has 17 nitrogen and oxygen atoms in total. The highest BCUT2D eigenvalue weighted by Gasteiger charge is 2.48. The van der Waals surface area contributed by atoms with Crippen LogP contribution in [0.1, 0.15) is 60.9 Å². The number of nitrogen functional groups attached to an aromatic ring is 1. The maximum absolute atomic E-state index is 14.2. The Balaban J connectivity index is 1.18. The maximum atomic E-state index is 14.2. The first-order valence-corrected chi connectivity index (χ1v) is 18.6. The normalized spacial score (nSPS) is 25.2. The zero-order valence-electron chi connectivity index (χ0n) is 30.7. The minimum atomic E-state index is -1.54. The number of benzene rings is 3. The minimum absolute atomic E-state index is 0.0178. The molecule has 6 unspecified atom stereocenters. The van der Waals surface area contributed by atoms with E-state index in [2.05, 4.69) is 20.0 Å². The number of carbonyl (C=O) groups is 3. The Kier molecular flexibility index (Phi) is 9.53. The Labute approximate surface area is 330 Å². The molecule has 1 aromatic heterocycles. The van der Waals surface area contributed by atoms with Crippen molar-refractivity contribution in [3.8, 4) is 11.5 Å². The van der Waals surface area contributed by atoms with Gasteiger partial charge >= 0.3 is 5.91 Å². The highest BCUT2D eigenvalue weighted by molar-refractivity contribution is 6.72. The van der Waals surface area contributed by atoms with Crippen LogP contribution in [0.2, 0.25) is 0 Å². The van der Waals surface area contributed by atoms with Crippen molar-refractivity contribution in [2.45, 2.75) is 49.5 Å². The van der Waals surface area contributed by atoms with Crippen molar-refractivity contribution in [1.82, 2.24) is 4.98 Å². The Morgan fingerprint density at radius 3 is 2.48 bits per heavy atom. The zero-order chi connectivity index (χ0) is 40.2. The Morgan fingerprint density at radius 1 is 0.897 bits per heavy atom. The molecule has 1 saturated heterocycles. The van der Waals surface area contributed by atoms with Gasteiger partial charge in [-0.05, 0) is 48.2 Å². The highest BCUT2D eigenvalue weighted by Crippen LogP contribution is 2.49. The van der Waals surface area contributed by atoms with Crippen molar-refractivity contribution in [2.24, 2.45) is 20.7 Å². The average molecular weight is 788 g/mol. The van der Waals surface area contributed by atoms with Crippen LogP contribution in [0.25, 0.3) is 0 Å². The number of aromatic hydroxyl groups is 1. The van der Waals surface area contributed by atoms with Gasteiger partial charge in [0.25, 0.3) is 0 Å². The molecule has 58 heavy (non-hydrogen) atoms. The number of phenolic OH excluding ortho intramolecular Hbond substituents is 1. The van der Waals surface area contributed by atoms with Gasteiger partial charge in [-0.15, -0.1) is 0 Å². The number of para-hydroxylation sites is 1. The van der Waals surface area contributed by atoms with Gasteiger partial charge in [0, 0.05) is 46.7 Å². The Bertz CT molecular complexity index is 2470. The minimum Gasteiger partial charge on any atom is -0.504 e. The van der Waals surface area contributed by atoms with Crippen LogP contribution in [0.5, 0.6) is 11.5 Å². The number of aliphatic hydroxyl groups is 2. The molecule has 1 amide bonds. The topological polar surface area (TPSA) is 254 Å². The lowest BCUT2D eigenvalue weighted by atomic mass is 9.79. The van der Waals surface area contributed by atoms with Crippen molar-refractivity contribution in [1.29, 1.82) is 0 Å². The van der Waals surface area contributed by atoms with Crippen molar-refractivity contribution in [3.05, 3.63) is 112 Å². The van der Waals surface area contributed by atoms with Crippen LogP contribution in [0.15, 0.2) is 87.9 Å². The van der Waals surface area contributed by atoms with Gasteiger partial charge in [-0.2, -0.15) is 9.98 Å². The number of hydrogen-bond acceptors (Lipinski definition) is 16. The first-order chi connectivity index (χ1) is 28.1. The van der Waals surface area contributed by atoms with Crippen LogP contribution in [0.3, 0.4) is 0 Å². The van der Waals surface area contributed by atoms with E-state index in [0.29, 0.717) is 23.5 Å². The van der Waals surface area contributed by atoms with E-state index in [4.69, 9.17) is 30.4 Å². The molecule has 296 valence electrons. The number of ether oxygens (including phenoxy) is 4. The van der Waals surface area contributed by atoms with Crippen molar-refractivity contribution in [3.63, 3.8) is 0 Å². The molecule has 7 N–H and O–H groups in total. The van der Waals surface area contributed by atoms with Gasteiger partial charge in [0.15, 0.2) is 34.6 Å². The van der Waals surface area contributed by atoms with E-state index in [1.54, 1.807) is 53.6 Å². The summed E-state index contributed by atoms with van der Waals surface area (Å²) in [6.45, 7) is -0.0346. The second-order valence-electron chi connectivity index (χ2n) is 14.3. The SMILES string of the molecule is NC1=NC(=O)C2=NCN(c3ccccc3C3CCOCC4OC(Oc5c3cc3c(c5O)C(=O)c5ccccc5C3=O)C(OCCc3ccnc(N)c3)C(O)C4O)C2=N1. The van der Waals surface area contributed by atoms with Gasteiger partial charge in [0.1, 0.15) is 36.9 Å². The largest absolute Gasteiger partial charge is 0.504 e. The number of rotatable bonds is 6. The van der Waals surface area contributed by atoms with Gasteiger partial charge < -0.3 is 50.6 Å². The fourth-order valence-corrected chi connectivity index (χ4v) is 8.09. The van der Waals surface area contributed by atoms with Crippen LogP contribution in [0.4, 0.5) is 11.5 Å². The van der Waals surface area contributed by atoms with E-state index >= 15 is 0 Å². The monoisotopic (exact) mass is 787 g/mol. The molecule has 4 aliphatic heterocycles. The van der Waals surface area contributed by atoms with Gasteiger partial charge in [-0.25, -0.2) is 4.98 Å². The lowest BCUT2D eigenvalue weighted by molar-refractivity contribution is -0.289. The fourth-order valence-electron chi connectivity index (χ4n) is 8.09. The molecular weight excluding hydrogens is 750 g/mol. The molecule has 6 atom stereocenters. The number of amides is 1. The number of fused-ring (bicyclic) bond motifs is 6. The summed E-state index contributed by atoms with van der Waals surface area (Å²) in [7, 11) is 0. The van der Waals surface area contributed by atoms with Gasteiger partial charge in [0.05, 0.1) is 18.8 Å². The van der Waals surface area contributed by atoms with Crippen molar-refractivity contribution >= 4 is 46.5 Å². The number of guanidine groups is 1. The molecule has 0 radical (unpaired) electrons. The Hall–Kier alpha value is -6.37. The number of pyridine rings is 1. The lowest BCUT2D eigenvalue weighted by Crippen LogP contribution is -2.61. The number of carbonyl (C=O) groups excluding carboxylic acids is 3. The number of aliphatic hydroxyl groups excluding tert-OH is 2. The summed E-state index contributed by atoms with van der Waals surface area (Å²) >= 11 is 0. The molecule has 1 aliphatic carbocycles. The number of amidine groups is 1. The smallest absolute Gasteiger partial charge is 0.302 e. The van der Waals surface area contributed by atoms with Crippen molar-refractivity contribution in [2.75, 3.05) is 37.1 Å². The average Bonchev–Trinajstić information content (AvgIpc) is 3.63. The molecule has 17 heteroatoms. The van der Waals surface area contributed by atoms with Gasteiger partial charge in [-0.3, -0.25) is 19.4 Å². The standard InChI is InChI=1S/C41H37N7O10/c42-28-15-19(9-12-44-28)10-14-56-37-35(53)33(51)27-17-55-13-11-20(21-5-3-4-8-26(21)48-18-45-30-38(48)46-41(43)47-39(30)54)24-16-25-29(34(52)36(24)58-40(37)57-27)32(50)23-7-2-1-6-22(23)31(25)49/h1-9,12,15-16,20,27,33,35,37,40,51-53H,10-11,13-14,17-18H2,(H2,42,44)(H2,43,47,54). The Morgan fingerprint density at radius 2 is 1.67 bits per heavy atom. The van der Waals surface area contributed by atoms with Crippen molar-refractivity contribution < 1.29 is 48.7 Å². The predicted molar refractivity (Wildman–Crippen MR) is 207 cm³/mol. The summed E-state index contributed by atoms with van der Waals surface area (Å²) < 4.78 is 25.1. The summed E-state index contributed by atoms with van der Waals surface area (Å²) in [6, 6.07) is 18.6. The summed E-state index contributed by atoms with van der Waals surface area (Å²) in [5, 5.41) is 35.0. The maximum Gasteiger partial charge on any atom is 0.302 e. The zero-order valence-corrected chi connectivity index (χ0v) is 30.7. The van der Waals surface area contributed by atoms with Crippen LogP contribution >= 0.6 is 0 Å². The van der Waals surface area contributed by atoms with E-state index in [-0.39, 0.29) is 84.0 Å². The fraction of sp³-hybridized carbons (Fsp3) is 0.293. The molecule has 9 rings (SSSR count). The van der Waals surface area contributed by atoms with E-state index < -0.39 is 59.8 Å². The second kappa shape index (κ2) is 14.9. The molecule has 4 aromatic rings. The van der Waals surface area contributed by atoms with E-state index in [9.17, 15) is 29.7 Å². The number of hydrogen-bond donors (Lipinski definition) is 5. The molecule has 5 aliphatic rings. The number of ketones is 2. The highest BCUT2D eigenvalue weighted by atomic mass is 16.7. The number of aromatic nitrogens is 1. The first-order valence-electron chi connectivity index (χ1n) is 18.6. The third-order valence-electron chi connectivity index (χ3n) is 10.9. The first kappa shape index (κ1) is 37.2. The molecule has 0 spiro atoms. The summed E-state index contributed by atoms with van der Waals surface area (Å²) in [5.74, 6) is -2.94. The number of nitrogens with zero attached hydrogens (tertiary/aromatic N) is 5. The number of nitrogens with two attached hydrogens (primary N) is 2. The number of aliphatic imine (C=N–C) groups is 3. The van der Waals surface area contributed by atoms with E-state index in [0.717, 1.165) is 5.56 Å². The van der Waals surface area contributed by atoms with Crippen LogP contribution in [-0.2, 0) is 25.4 Å². The van der Waals surface area contributed by atoms with Crippen LogP contribution < -0.4 is 21.1 Å². The molecular formula is C41H37N7O10. The summed E-state index contributed by atoms with van der Waals surface area (Å²) in [5.41, 5.74) is 14.1. The number of anilines is 2. The number of phenols is 1. The molecule has 2 bridgehead atoms. The quantitative estimate of drug-likeness (QED) is 0.164. The third-order valence-corrected chi connectivity index (χ3v) is 10.9. The molecule has 5 heterocycles. The van der Waals surface area contributed by atoms with Gasteiger partial charge in [0.2, 0.25) is 12.2 Å². The summed E-state index contributed by atoms with van der Waals surface area (Å²) in [6.07, 6.45) is -4.73. The second-order valence-corrected chi connectivity index (χ2v) is 14.3. The van der Waals surface area contributed by atoms with E-state index in [1.165, 1.54) is 12.1 Å². The van der Waals surface area contributed by atoms with Crippen LogP contribution in [-0.4, -0.2) is 112 Å². The summed E-state index contributed by atoms with van der Waals surface area (Å²) in [4.78, 5) is 59.2. The third kappa shape index (κ3) is 6.38. The lowest BCUT2D eigenvalue weighted by Gasteiger charge is -2.42. The molecule has 0 saturated carbocycles. The van der Waals surface area contributed by atoms with Crippen LogP contribution in [0, 0.1) is 0 Å². The molecule has 1 fully saturated rings. The molecule has 3 aromatic carbocycles. The predicted octanol–water partition coefficient (Wildman–Crippen LogP) is 1.62. The van der Waals surface area contributed by atoms with E-state index in [1.807, 2.05) is 12.1 Å².